The van der Waals surface area contributed by atoms with E-state index in [0.717, 1.165) is 5.69 Å². The number of thioether (sulfide) groups is 1. The van der Waals surface area contributed by atoms with Crippen LogP contribution in [-0.4, -0.2) is 48.9 Å². The summed E-state index contributed by atoms with van der Waals surface area (Å²) >= 11 is 1.38. The third-order valence-corrected chi connectivity index (χ3v) is 6.32. The lowest BCUT2D eigenvalue weighted by Crippen LogP contribution is -2.20. The molecule has 0 N–H and O–H groups in total. The second-order valence-corrected chi connectivity index (χ2v) is 9.11. The van der Waals surface area contributed by atoms with Crippen LogP contribution in [0.4, 0.5) is 10.1 Å². The van der Waals surface area contributed by atoms with Gasteiger partial charge < -0.3 is 4.42 Å². The van der Waals surface area contributed by atoms with E-state index in [2.05, 4.69) is 20.4 Å². The van der Waals surface area contributed by atoms with E-state index in [1.54, 1.807) is 24.3 Å². The Balaban J connectivity index is 1.61. The third kappa shape index (κ3) is 4.82. The van der Waals surface area contributed by atoms with Gasteiger partial charge in [-0.2, -0.15) is 0 Å². The van der Waals surface area contributed by atoms with Crippen molar-refractivity contribution in [1.82, 2.24) is 29.9 Å². The van der Waals surface area contributed by atoms with Crippen molar-refractivity contribution in [2.24, 2.45) is 0 Å². The van der Waals surface area contributed by atoms with E-state index in [4.69, 9.17) is 4.42 Å². The first-order valence-corrected chi connectivity index (χ1v) is 11.2. The summed E-state index contributed by atoms with van der Waals surface area (Å²) in [5, 5.41) is 28.2. The molecule has 2 aromatic heterocycles. The van der Waals surface area contributed by atoms with E-state index in [-0.39, 0.29) is 28.7 Å². The fraction of sp³-hybridized carbons (Fsp3) is 0.273. The zero-order chi connectivity index (χ0) is 24.4. The van der Waals surface area contributed by atoms with Crippen LogP contribution in [0.5, 0.6) is 0 Å². The summed E-state index contributed by atoms with van der Waals surface area (Å²) in [7, 11) is 3.89. The average molecular weight is 484 g/mol. The molecular formula is C22H22FN7O3S. The van der Waals surface area contributed by atoms with Crippen LogP contribution in [-0.2, 0) is 0 Å². The summed E-state index contributed by atoms with van der Waals surface area (Å²) in [6.45, 7) is 3.91. The van der Waals surface area contributed by atoms with Crippen LogP contribution in [0.3, 0.4) is 0 Å². The molecule has 0 saturated carbocycles. The number of hydrogen-bond acceptors (Lipinski definition) is 9. The number of halogens is 1. The Bertz CT molecular complexity index is 1290. The largest absolute Gasteiger partial charge is 0.419 e. The number of hydrogen-bond donors (Lipinski definition) is 0. The predicted molar refractivity (Wildman–Crippen MR) is 124 cm³/mol. The van der Waals surface area contributed by atoms with E-state index < -0.39 is 4.92 Å². The van der Waals surface area contributed by atoms with Crippen molar-refractivity contribution < 1.29 is 13.7 Å². The van der Waals surface area contributed by atoms with Gasteiger partial charge in [-0.1, -0.05) is 11.8 Å². The number of nitrogens with zero attached hydrogens (tertiary/aromatic N) is 7. The molecule has 0 aliphatic rings. The van der Waals surface area contributed by atoms with Gasteiger partial charge in [0, 0.05) is 23.4 Å². The maximum atomic E-state index is 13.5. The summed E-state index contributed by atoms with van der Waals surface area (Å²) in [5.41, 5.74) is 1.30. The molecule has 0 aliphatic carbocycles. The number of nitro groups is 1. The van der Waals surface area contributed by atoms with Crippen molar-refractivity contribution in [3.8, 4) is 17.1 Å². The van der Waals surface area contributed by atoms with E-state index in [0.29, 0.717) is 22.4 Å². The van der Waals surface area contributed by atoms with Gasteiger partial charge in [-0.3, -0.25) is 19.6 Å². The molecule has 2 unspecified atom stereocenters. The zero-order valence-electron chi connectivity index (χ0n) is 18.9. The topological polar surface area (TPSA) is 116 Å². The molecule has 0 bridgehead atoms. The molecule has 12 heteroatoms. The van der Waals surface area contributed by atoms with Gasteiger partial charge in [0.1, 0.15) is 5.82 Å². The highest BCUT2D eigenvalue weighted by Gasteiger charge is 2.25. The molecule has 2 heterocycles. The van der Waals surface area contributed by atoms with Crippen LogP contribution in [0.1, 0.15) is 36.9 Å². The first kappa shape index (κ1) is 23.5. The smallest absolute Gasteiger partial charge is 0.269 e. The van der Waals surface area contributed by atoms with Crippen LogP contribution in [0.25, 0.3) is 17.1 Å². The Kier molecular flexibility index (Phi) is 6.70. The van der Waals surface area contributed by atoms with Crippen LogP contribution in [0, 0.1) is 15.9 Å². The Hall–Kier alpha value is -3.64. The molecule has 0 amide bonds. The number of aromatic nitrogens is 5. The molecule has 0 fully saturated rings. The summed E-state index contributed by atoms with van der Waals surface area (Å²) in [5.74, 6) is 1.02. The van der Waals surface area contributed by atoms with E-state index in [1.807, 2.05) is 37.4 Å². The van der Waals surface area contributed by atoms with Gasteiger partial charge in [0.2, 0.25) is 11.8 Å². The Labute approximate surface area is 199 Å². The highest BCUT2D eigenvalue weighted by Crippen LogP contribution is 2.37. The van der Waals surface area contributed by atoms with Crippen molar-refractivity contribution in [2.75, 3.05) is 14.1 Å². The molecule has 10 nitrogen and oxygen atoms in total. The minimum atomic E-state index is -0.468. The Morgan fingerprint density at radius 3 is 2.32 bits per heavy atom. The molecule has 2 atom stereocenters. The molecule has 176 valence electrons. The van der Waals surface area contributed by atoms with Crippen LogP contribution >= 0.6 is 11.8 Å². The second-order valence-electron chi connectivity index (χ2n) is 7.80. The quantitative estimate of drug-likeness (QED) is 0.197. The highest BCUT2D eigenvalue weighted by atomic mass is 32.2. The monoisotopic (exact) mass is 483 g/mol. The maximum absolute atomic E-state index is 13.5. The van der Waals surface area contributed by atoms with Crippen molar-refractivity contribution in [3.05, 3.63) is 76.2 Å². The number of non-ortho nitro benzene ring substituents is 1. The first-order chi connectivity index (χ1) is 16.2. The summed E-state index contributed by atoms with van der Waals surface area (Å²) in [4.78, 5) is 12.4. The average Bonchev–Trinajstić information content (AvgIpc) is 3.47. The van der Waals surface area contributed by atoms with Gasteiger partial charge >= 0.3 is 0 Å². The second kappa shape index (κ2) is 9.69. The Morgan fingerprint density at radius 1 is 1.03 bits per heavy atom. The van der Waals surface area contributed by atoms with E-state index in [1.165, 1.54) is 36.0 Å². The van der Waals surface area contributed by atoms with Gasteiger partial charge in [-0.05, 0) is 64.3 Å². The molecule has 34 heavy (non-hydrogen) atoms. The molecule has 0 saturated heterocycles. The SMILES string of the molecule is CC(Sc1nnc(C(C)N(C)C)n1-c1ccc(F)cc1)c1nnc(-c2ccc([N+](=O)[O-])cc2)o1. The van der Waals surface area contributed by atoms with Gasteiger partial charge in [-0.15, -0.1) is 20.4 Å². The molecule has 4 rings (SSSR count). The lowest BCUT2D eigenvalue weighted by Gasteiger charge is -2.20. The zero-order valence-corrected chi connectivity index (χ0v) is 19.7. The van der Waals surface area contributed by atoms with Crippen LogP contribution < -0.4 is 0 Å². The van der Waals surface area contributed by atoms with Gasteiger partial charge in [-0.25, -0.2) is 4.39 Å². The van der Waals surface area contributed by atoms with E-state index >= 15 is 0 Å². The molecular weight excluding hydrogens is 461 g/mol. The lowest BCUT2D eigenvalue weighted by atomic mass is 10.2. The van der Waals surface area contributed by atoms with Gasteiger partial charge in [0.05, 0.1) is 16.2 Å². The molecule has 4 aromatic rings. The minimum absolute atomic E-state index is 0.0182. The number of benzene rings is 2. The fourth-order valence-corrected chi connectivity index (χ4v) is 4.05. The summed E-state index contributed by atoms with van der Waals surface area (Å²) < 4.78 is 21.3. The molecule has 0 aliphatic heterocycles. The van der Waals surface area contributed by atoms with Gasteiger partial charge in [0.25, 0.3) is 5.69 Å². The summed E-state index contributed by atoms with van der Waals surface area (Å²) in [6.07, 6.45) is 0. The van der Waals surface area contributed by atoms with E-state index in [9.17, 15) is 14.5 Å². The normalized spacial score (nSPS) is 13.2. The summed E-state index contributed by atoms with van der Waals surface area (Å²) in [6, 6.07) is 12.0. The minimum Gasteiger partial charge on any atom is -0.419 e. The highest BCUT2D eigenvalue weighted by molar-refractivity contribution is 7.99. The fourth-order valence-electron chi connectivity index (χ4n) is 3.14. The van der Waals surface area contributed by atoms with Crippen molar-refractivity contribution in [3.63, 3.8) is 0 Å². The first-order valence-electron chi connectivity index (χ1n) is 10.4. The van der Waals surface area contributed by atoms with Crippen molar-refractivity contribution >= 4 is 17.4 Å². The molecule has 0 radical (unpaired) electrons. The third-order valence-electron chi connectivity index (χ3n) is 5.29. The predicted octanol–water partition coefficient (Wildman–Crippen LogP) is 4.84. The molecule has 2 aromatic carbocycles. The van der Waals surface area contributed by atoms with Gasteiger partial charge in [0.15, 0.2) is 11.0 Å². The maximum Gasteiger partial charge on any atom is 0.269 e. The van der Waals surface area contributed by atoms with Crippen LogP contribution in [0.15, 0.2) is 58.1 Å². The van der Waals surface area contributed by atoms with Crippen molar-refractivity contribution in [2.45, 2.75) is 30.3 Å². The number of rotatable bonds is 8. The standard InChI is InChI=1S/C22H22FN7O3S/c1-13(28(3)4)19-24-27-22(29(19)17-11-7-16(23)8-12-17)34-14(2)20-25-26-21(33-20)15-5-9-18(10-6-15)30(31)32/h5-14H,1-4H3. The lowest BCUT2D eigenvalue weighted by molar-refractivity contribution is -0.384. The van der Waals surface area contributed by atoms with Crippen LogP contribution in [0.2, 0.25) is 0 Å². The molecule has 0 spiro atoms. The van der Waals surface area contributed by atoms with Crippen molar-refractivity contribution in [1.29, 1.82) is 0 Å². The Morgan fingerprint density at radius 2 is 1.71 bits per heavy atom. The number of nitro benzene ring substituents is 1.